The van der Waals surface area contributed by atoms with E-state index >= 15 is 0 Å². The molecule has 1 N–H and O–H groups in total. The summed E-state index contributed by atoms with van der Waals surface area (Å²) in [6, 6.07) is 11.5. The number of oxazole rings is 1. The average Bonchev–Trinajstić information content (AvgIpc) is 3.53. The van der Waals surface area contributed by atoms with Gasteiger partial charge in [0.1, 0.15) is 5.52 Å². The first-order chi connectivity index (χ1) is 14.5. The minimum Gasteiger partial charge on any atom is -0.440 e. The van der Waals surface area contributed by atoms with E-state index in [0.717, 1.165) is 18.7 Å². The Hall–Kier alpha value is -2.75. The summed E-state index contributed by atoms with van der Waals surface area (Å²) < 4.78 is 38.5. The van der Waals surface area contributed by atoms with Crippen LogP contribution in [0.5, 0.6) is 0 Å². The zero-order valence-corrected chi connectivity index (χ0v) is 17.0. The maximum absolute atomic E-state index is 13.1. The standard InChI is InChI=1S/C21H21N3O5S/c25-20(22-15-7-8-18-17(13-15)23-21(29-18)14-5-6-14)16-3-1-2-4-19(16)30(26,27)24-9-11-28-12-10-24/h1-4,7-8,13-14H,5-6,9-12H2,(H,22,25). The molecule has 0 radical (unpaired) electrons. The molecule has 9 heteroatoms. The number of carbonyl (C=O) groups excluding carboxylic acids is 1. The van der Waals surface area contributed by atoms with E-state index in [2.05, 4.69) is 10.3 Å². The lowest BCUT2D eigenvalue weighted by Gasteiger charge is -2.26. The number of anilines is 1. The predicted molar refractivity (Wildman–Crippen MR) is 110 cm³/mol. The van der Waals surface area contributed by atoms with Crippen LogP contribution in [0, 0.1) is 0 Å². The molecule has 8 nitrogen and oxygen atoms in total. The van der Waals surface area contributed by atoms with Crippen molar-refractivity contribution in [2.75, 3.05) is 31.6 Å². The Bertz CT molecular complexity index is 1210. The van der Waals surface area contributed by atoms with Crippen LogP contribution in [0.2, 0.25) is 0 Å². The Balaban J connectivity index is 1.42. The van der Waals surface area contributed by atoms with Crippen molar-refractivity contribution in [2.24, 2.45) is 0 Å². The molecule has 2 heterocycles. The fraction of sp³-hybridized carbons (Fsp3) is 0.333. The summed E-state index contributed by atoms with van der Waals surface area (Å²) >= 11 is 0. The maximum Gasteiger partial charge on any atom is 0.257 e. The summed E-state index contributed by atoms with van der Waals surface area (Å²) in [5.74, 6) is 0.635. The number of hydrogen-bond acceptors (Lipinski definition) is 6. The highest BCUT2D eigenvalue weighted by Crippen LogP contribution is 2.40. The number of rotatable bonds is 5. The molecule has 2 fully saturated rings. The van der Waals surface area contributed by atoms with Gasteiger partial charge in [-0.1, -0.05) is 12.1 Å². The van der Waals surface area contributed by atoms with E-state index in [0.29, 0.717) is 35.9 Å². The summed E-state index contributed by atoms with van der Waals surface area (Å²) in [7, 11) is -3.80. The molecule has 1 aromatic heterocycles. The molecule has 1 amide bonds. The molecule has 30 heavy (non-hydrogen) atoms. The van der Waals surface area contributed by atoms with E-state index in [9.17, 15) is 13.2 Å². The SMILES string of the molecule is O=C(Nc1ccc2oc(C3CC3)nc2c1)c1ccccc1S(=O)(=O)N1CCOCC1. The highest BCUT2D eigenvalue weighted by atomic mass is 32.2. The van der Waals surface area contributed by atoms with Gasteiger partial charge in [0.15, 0.2) is 11.5 Å². The number of morpholine rings is 1. The molecule has 2 aliphatic rings. The molecule has 3 aromatic rings. The van der Waals surface area contributed by atoms with Crippen molar-refractivity contribution in [1.29, 1.82) is 0 Å². The Labute approximate surface area is 173 Å². The van der Waals surface area contributed by atoms with Crippen molar-refractivity contribution in [2.45, 2.75) is 23.7 Å². The molecular weight excluding hydrogens is 406 g/mol. The second-order valence-electron chi connectivity index (χ2n) is 7.48. The van der Waals surface area contributed by atoms with Crippen molar-refractivity contribution >= 4 is 32.7 Å². The van der Waals surface area contributed by atoms with Gasteiger partial charge in [0, 0.05) is 24.7 Å². The smallest absolute Gasteiger partial charge is 0.257 e. The number of aromatic nitrogens is 1. The molecule has 0 bridgehead atoms. The third kappa shape index (κ3) is 3.60. The van der Waals surface area contributed by atoms with Gasteiger partial charge in [-0.25, -0.2) is 13.4 Å². The molecule has 0 spiro atoms. The van der Waals surface area contributed by atoms with Crippen molar-refractivity contribution in [3.05, 3.63) is 53.9 Å². The van der Waals surface area contributed by atoms with E-state index in [4.69, 9.17) is 9.15 Å². The Morgan fingerprint density at radius 3 is 2.63 bits per heavy atom. The van der Waals surface area contributed by atoms with Gasteiger partial charge < -0.3 is 14.5 Å². The van der Waals surface area contributed by atoms with Crippen LogP contribution in [0.25, 0.3) is 11.1 Å². The Morgan fingerprint density at radius 2 is 1.87 bits per heavy atom. The summed E-state index contributed by atoms with van der Waals surface area (Å²) in [5, 5.41) is 2.79. The van der Waals surface area contributed by atoms with E-state index in [1.807, 2.05) is 0 Å². The normalized spacial score (nSPS) is 17.9. The van der Waals surface area contributed by atoms with E-state index in [1.54, 1.807) is 30.3 Å². The largest absolute Gasteiger partial charge is 0.440 e. The van der Waals surface area contributed by atoms with Crippen LogP contribution < -0.4 is 5.32 Å². The predicted octanol–water partition coefficient (Wildman–Crippen LogP) is 2.98. The number of amides is 1. The molecule has 1 aliphatic heterocycles. The Kier molecular flexibility index (Phi) is 4.80. The van der Waals surface area contributed by atoms with Crippen molar-refractivity contribution in [1.82, 2.24) is 9.29 Å². The van der Waals surface area contributed by atoms with E-state index in [1.165, 1.54) is 16.4 Å². The second kappa shape index (κ2) is 7.50. The molecule has 5 rings (SSSR count). The number of hydrogen-bond donors (Lipinski definition) is 1. The van der Waals surface area contributed by atoms with Crippen LogP contribution in [0.4, 0.5) is 5.69 Å². The first-order valence-corrected chi connectivity index (χ1v) is 11.4. The van der Waals surface area contributed by atoms with E-state index < -0.39 is 15.9 Å². The van der Waals surface area contributed by atoms with Crippen molar-refractivity contribution < 1.29 is 22.4 Å². The van der Waals surface area contributed by atoms with Crippen LogP contribution in [-0.2, 0) is 14.8 Å². The van der Waals surface area contributed by atoms with Crippen LogP contribution in [0.3, 0.4) is 0 Å². The van der Waals surface area contributed by atoms with E-state index in [-0.39, 0.29) is 23.5 Å². The van der Waals surface area contributed by atoms with Crippen LogP contribution in [0.15, 0.2) is 51.8 Å². The third-order valence-electron chi connectivity index (χ3n) is 5.31. The van der Waals surface area contributed by atoms with Gasteiger partial charge >= 0.3 is 0 Å². The van der Waals surface area contributed by atoms with Gasteiger partial charge in [-0.05, 0) is 43.2 Å². The highest BCUT2D eigenvalue weighted by Gasteiger charge is 2.31. The van der Waals surface area contributed by atoms with Gasteiger partial charge in [-0.3, -0.25) is 4.79 Å². The number of ether oxygens (including phenoxy) is 1. The molecule has 1 saturated heterocycles. The van der Waals surface area contributed by atoms with Gasteiger partial charge in [0.25, 0.3) is 5.91 Å². The number of carbonyl (C=O) groups is 1. The fourth-order valence-electron chi connectivity index (χ4n) is 3.53. The van der Waals surface area contributed by atoms with Crippen molar-refractivity contribution in [3.8, 4) is 0 Å². The molecule has 1 saturated carbocycles. The lowest BCUT2D eigenvalue weighted by atomic mass is 10.2. The second-order valence-corrected chi connectivity index (χ2v) is 9.38. The lowest BCUT2D eigenvalue weighted by Crippen LogP contribution is -2.41. The first-order valence-electron chi connectivity index (χ1n) is 9.91. The average molecular weight is 427 g/mol. The van der Waals surface area contributed by atoms with Crippen LogP contribution >= 0.6 is 0 Å². The molecular formula is C21H21N3O5S. The lowest BCUT2D eigenvalue weighted by molar-refractivity contribution is 0.0730. The summed E-state index contributed by atoms with van der Waals surface area (Å²) in [6.45, 7) is 1.22. The topological polar surface area (TPSA) is 102 Å². The van der Waals surface area contributed by atoms with Gasteiger partial charge in [0.2, 0.25) is 10.0 Å². The molecule has 2 aromatic carbocycles. The third-order valence-corrected chi connectivity index (χ3v) is 7.26. The quantitative estimate of drug-likeness (QED) is 0.672. The number of fused-ring (bicyclic) bond motifs is 1. The summed E-state index contributed by atoms with van der Waals surface area (Å²) in [4.78, 5) is 17.5. The van der Waals surface area contributed by atoms with Gasteiger partial charge in [0.05, 0.1) is 23.7 Å². The fourth-order valence-corrected chi connectivity index (χ4v) is 5.13. The number of sulfonamides is 1. The van der Waals surface area contributed by atoms with Crippen LogP contribution in [-0.4, -0.2) is 49.9 Å². The number of nitrogens with one attached hydrogen (secondary N) is 1. The molecule has 0 atom stereocenters. The highest BCUT2D eigenvalue weighted by molar-refractivity contribution is 7.89. The Morgan fingerprint density at radius 1 is 1.10 bits per heavy atom. The van der Waals surface area contributed by atoms with Crippen molar-refractivity contribution in [3.63, 3.8) is 0 Å². The van der Waals surface area contributed by atoms with Gasteiger partial charge in [-0.15, -0.1) is 0 Å². The maximum atomic E-state index is 13.1. The monoisotopic (exact) mass is 427 g/mol. The first kappa shape index (κ1) is 19.2. The molecule has 0 unspecified atom stereocenters. The summed E-state index contributed by atoms with van der Waals surface area (Å²) in [5.41, 5.74) is 1.97. The number of nitrogens with zero attached hydrogens (tertiary/aromatic N) is 2. The minimum absolute atomic E-state index is 0.0112. The number of benzene rings is 2. The molecule has 156 valence electrons. The molecule has 1 aliphatic carbocycles. The summed E-state index contributed by atoms with van der Waals surface area (Å²) in [6.07, 6.45) is 2.18. The zero-order chi connectivity index (χ0) is 20.7. The minimum atomic E-state index is -3.80. The van der Waals surface area contributed by atoms with Crippen LogP contribution in [0.1, 0.15) is 35.0 Å². The van der Waals surface area contributed by atoms with Gasteiger partial charge in [-0.2, -0.15) is 4.31 Å². The zero-order valence-electron chi connectivity index (χ0n) is 16.2.